The highest BCUT2D eigenvalue weighted by atomic mass is 16.6. The van der Waals surface area contributed by atoms with Crippen molar-refractivity contribution in [2.75, 3.05) is 13.2 Å². The third-order valence-electron chi connectivity index (χ3n) is 3.50. The highest BCUT2D eigenvalue weighted by Gasteiger charge is 2.21. The van der Waals surface area contributed by atoms with Crippen LogP contribution in [0.25, 0.3) is 0 Å². The molecule has 0 saturated carbocycles. The average molecular weight is 248 g/mol. The monoisotopic (exact) mass is 248 g/mol. The number of carbonyl (C=O) groups excluding carboxylic acids is 1. The van der Waals surface area contributed by atoms with Crippen LogP contribution in [-0.2, 0) is 0 Å². The van der Waals surface area contributed by atoms with E-state index in [1.165, 1.54) is 0 Å². The van der Waals surface area contributed by atoms with Crippen LogP contribution in [-0.4, -0.2) is 19.0 Å². The summed E-state index contributed by atoms with van der Waals surface area (Å²) in [5.41, 5.74) is 0.666. The van der Waals surface area contributed by atoms with Crippen LogP contribution in [0.4, 0.5) is 0 Å². The summed E-state index contributed by atoms with van der Waals surface area (Å²) in [4.78, 5) is 12.3. The number of fused-ring (bicyclic) bond motifs is 1. The fourth-order valence-electron chi connectivity index (χ4n) is 2.24. The molecule has 2 rings (SSSR count). The second-order valence-corrected chi connectivity index (χ2v) is 4.64. The minimum Gasteiger partial charge on any atom is -0.486 e. The molecule has 1 heterocycles. The Morgan fingerprint density at radius 2 is 1.94 bits per heavy atom. The zero-order chi connectivity index (χ0) is 13.0. The van der Waals surface area contributed by atoms with Gasteiger partial charge in [-0.2, -0.15) is 0 Å². The summed E-state index contributed by atoms with van der Waals surface area (Å²) in [6.07, 6.45) is 2.66. The first kappa shape index (κ1) is 12.9. The highest BCUT2D eigenvalue weighted by Crippen LogP contribution is 2.34. The maximum atomic E-state index is 12.3. The molecule has 0 aliphatic carbocycles. The molecule has 0 N–H and O–H groups in total. The number of hydrogen-bond donors (Lipinski definition) is 0. The van der Waals surface area contributed by atoms with Gasteiger partial charge in [0.1, 0.15) is 13.2 Å². The molecule has 1 aliphatic heterocycles. The summed E-state index contributed by atoms with van der Waals surface area (Å²) < 4.78 is 11.1. The van der Waals surface area contributed by atoms with Crippen molar-refractivity contribution in [2.45, 2.75) is 33.1 Å². The molecule has 1 aromatic rings. The Morgan fingerprint density at radius 1 is 1.22 bits per heavy atom. The Bertz CT molecular complexity index is 422. The van der Waals surface area contributed by atoms with Gasteiger partial charge in [0.15, 0.2) is 17.3 Å². The standard InChI is InChI=1S/C15H20O3/c1-3-11(4-2)10-13(16)12-6-5-7-14-15(12)18-9-8-17-14/h5-7,11H,3-4,8-10H2,1-2H3. The van der Waals surface area contributed by atoms with Crippen LogP contribution in [0, 0.1) is 5.92 Å². The molecule has 3 heteroatoms. The smallest absolute Gasteiger partial charge is 0.172 e. The minimum absolute atomic E-state index is 0.158. The van der Waals surface area contributed by atoms with Crippen LogP contribution in [0.2, 0.25) is 0 Å². The van der Waals surface area contributed by atoms with Crippen molar-refractivity contribution in [3.05, 3.63) is 23.8 Å². The van der Waals surface area contributed by atoms with E-state index in [1.54, 1.807) is 0 Å². The van der Waals surface area contributed by atoms with Gasteiger partial charge in [-0.25, -0.2) is 0 Å². The molecule has 0 aromatic heterocycles. The average Bonchev–Trinajstić information content (AvgIpc) is 2.43. The second-order valence-electron chi connectivity index (χ2n) is 4.64. The van der Waals surface area contributed by atoms with Gasteiger partial charge >= 0.3 is 0 Å². The number of Topliss-reactive ketones (excluding diaryl/α,β-unsaturated/α-hetero) is 1. The molecule has 0 radical (unpaired) electrons. The van der Waals surface area contributed by atoms with Crippen LogP contribution in [0.1, 0.15) is 43.5 Å². The van der Waals surface area contributed by atoms with Gasteiger partial charge in [0, 0.05) is 6.42 Å². The topological polar surface area (TPSA) is 35.5 Å². The molecule has 1 aliphatic rings. The van der Waals surface area contributed by atoms with E-state index in [4.69, 9.17) is 9.47 Å². The SMILES string of the molecule is CCC(CC)CC(=O)c1cccc2c1OCCO2. The van der Waals surface area contributed by atoms with E-state index < -0.39 is 0 Å². The number of benzene rings is 1. The first-order valence-corrected chi connectivity index (χ1v) is 6.68. The van der Waals surface area contributed by atoms with Crippen molar-refractivity contribution in [2.24, 2.45) is 5.92 Å². The molecule has 0 atom stereocenters. The number of para-hydroxylation sites is 1. The van der Waals surface area contributed by atoms with E-state index in [-0.39, 0.29) is 5.78 Å². The van der Waals surface area contributed by atoms with Crippen LogP contribution in [0.5, 0.6) is 11.5 Å². The van der Waals surface area contributed by atoms with Gasteiger partial charge in [0.05, 0.1) is 5.56 Å². The highest BCUT2D eigenvalue weighted by molar-refractivity contribution is 5.99. The normalized spacial score (nSPS) is 13.7. The van der Waals surface area contributed by atoms with Gasteiger partial charge in [-0.3, -0.25) is 4.79 Å². The summed E-state index contributed by atoms with van der Waals surface area (Å²) >= 11 is 0. The summed E-state index contributed by atoms with van der Waals surface area (Å²) in [6, 6.07) is 5.54. The number of ether oxygens (including phenoxy) is 2. The van der Waals surface area contributed by atoms with E-state index in [0.717, 1.165) is 12.8 Å². The third-order valence-corrected chi connectivity index (χ3v) is 3.50. The van der Waals surface area contributed by atoms with E-state index in [1.807, 2.05) is 18.2 Å². The predicted molar refractivity (Wildman–Crippen MR) is 70.5 cm³/mol. The molecule has 0 bridgehead atoms. The van der Waals surface area contributed by atoms with Crippen molar-refractivity contribution in [3.63, 3.8) is 0 Å². The van der Waals surface area contributed by atoms with Gasteiger partial charge in [0.25, 0.3) is 0 Å². The molecule has 0 spiro atoms. The maximum absolute atomic E-state index is 12.3. The predicted octanol–water partition coefficient (Wildman–Crippen LogP) is 3.47. The third kappa shape index (κ3) is 2.66. The zero-order valence-corrected chi connectivity index (χ0v) is 11.1. The lowest BCUT2D eigenvalue weighted by molar-refractivity contribution is 0.0947. The fourth-order valence-corrected chi connectivity index (χ4v) is 2.24. The Labute approximate surface area is 108 Å². The van der Waals surface area contributed by atoms with Crippen molar-refractivity contribution >= 4 is 5.78 Å². The Hall–Kier alpha value is -1.51. The lowest BCUT2D eigenvalue weighted by Gasteiger charge is -2.21. The first-order valence-electron chi connectivity index (χ1n) is 6.68. The number of hydrogen-bond acceptors (Lipinski definition) is 3. The summed E-state index contributed by atoms with van der Waals surface area (Å²) in [5.74, 6) is 1.93. The van der Waals surface area contributed by atoms with Crippen molar-refractivity contribution < 1.29 is 14.3 Å². The lowest BCUT2D eigenvalue weighted by Crippen LogP contribution is -2.18. The van der Waals surface area contributed by atoms with Crippen molar-refractivity contribution in [3.8, 4) is 11.5 Å². The zero-order valence-electron chi connectivity index (χ0n) is 11.1. The maximum Gasteiger partial charge on any atom is 0.172 e. The van der Waals surface area contributed by atoms with Gasteiger partial charge in [-0.05, 0) is 18.1 Å². The molecular weight excluding hydrogens is 228 g/mol. The molecule has 98 valence electrons. The largest absolute Gasteiger partial charge is 0.486 e. The van der Waals surface area contributed by atoms with Crippen LogP contribution in [0.15, 0.2) is 18.2 Å². The first-order chi connectivity index (χ1) is 8.76. The Balaban J connectivity index is 2.20. The van der Waals surface area contributed by atoms with E-state index in [2.05, 4.69) is 13.8 Å². The van der Waals surface area contributed by atoms with Gasteiger partial charge < -0.3 is 9.47 Å². The molecule has 0 unspecified atom stereocenters. The summed E-state index contributed by atoms with van der Waals surface area (Å²) in [5, 5.41) is 0. The molecule has 0 fully saturated rings. The molecule has 1 aromatic carbocycles. The van der Waals surface area contributed by atoms with Crippen molar-refractivity contribution in [1.29, 1.82) is 0 Å². The number of ketones is 1. The van der Waals surface area contributed by atoms with Crippen LogP contribution < -0.4 is 9.47 Å². The second kappa shape index (κ2) is 5.89. The minimum atomic E-state index is 0.158. The summed E-state index contributed by atoms with van der Waals surface area (Å²) in [7, 11) is 0. The van der Waals surface area contributed by atoms with Crippen LogP contribution >= 0.6 is 0 Å². The van der Waals surface area contributed by atoms with E-state index >= 15 is 0 Å². The lowest BCUT2D eigenvalue weighted by atomic mass is 9.93. The number of carbonyl (C=O) groups is 1. The van der Waals surface area contributed by atoms with E-state index in [0.29, 0.717) is 42.6 Å². The molecule has 3 nitrogen and oxygen atoms in total. The molecular formula is C15H20O3. The van der Waals surface area contributed by atoms with E-state index in [9.17, 15) is 4.79 Å². The Morgan fingerprint density at radius 3 is 2.67 bits per heavy atom. The van der Waals surface area contributed by atoms with Gasteiger partial charge in [-0.1, -0.05) is 32.8 Å². The quantitative estimate of drug-likeness (QED) is 0.748. The summed E-state index contributed by atoms with van der Waals surface area (Å²) in [6.45, 7) is 5.32. The van der Waals surface area contributed by atoms with Crippen molar-refractivity contribution in [1.82, 2.24) is 0 Å². The van der Waals surface area contributed by atoms with Gasteiger partial charge in [0.2, 0.25) is 0 Å². The van der Waals surface area contributed by atoms with Crippen LogP contribution in [0.3, 0.4) is 0 Å². The molecule has 18 heavy (non-hydrogen) atoms. The number of rotatable bonds is 5. The molecule has 0 amide bonds. The molecule has 0 saturated heterocycles. The van der Waals surface area contributed by atoms with Gasteiger partial charge in [-0.15, -0.1) is 0 Å². The fraction of sp³-hybridized carbons (Fsp3) is 0.533. The Kier molecular flexibility index (Phi) is 4.24.